The summed E-state index contributed by atoms with van der Waals surface area (Å²) in [7, 11) is 0.920. The molecule has 1 saturated carbocycles. The highest BCUT2D eigenvalue weighted by atomic mass is 32.2. The van der Waals surface area contributed by atoms with E-state index in [1.165, 1.54) is 21.3 Å². The zero-order chi connectivity index (χ0) is 47.7. The van der Waals surface area contributed by atoms with Gasteiger partial charge in [0.2, 0.25) is 5.79 Å². The van der Waals surface area contributed by atoms with Gasteiger partial charge >= 0.3 is 22.4 Å². The summed E-state index contributed by atoms with van der Waals surface area (Å²) in [5.74, 6) is -8.35. The zero-order valence-electron chi connectivity index (χ0n) is 39.1. The third-order valence-electron chi connectivity index (χ3n) is 13.5. The van der Waals surface area contributed by atoms with Gasteiger partial charge in [0, 0.05) is 52.0 Å². The minimum atomic E-state index is -4.52. The number of fused-ring (bicyclic) bond motifs is 3. The summed E-state index contributed by atoms with van der Waals surface area (Å²) >= 11 is 0. The second kappa shape index (κ2) is 23.4. The van der Waals surface area contributed by atoms with E-state index in [-0.39, 0.29) is 56.3 Å². The van der Waals surface area contributed by atoms with Gasteiger partial charge in [0.25, 0.3) is 11.7 Å². The highest BCUT2D eigenvalue weighted by molar-refractivity contribution is 7.85. The van der Waals surface area contributed by atoms with Crippen molar-refractivity contribution in [2.45, 2.75) is 167 Å². The van der Waals surface area contributed by atoms with E-state index in [4.69, 9.17) is 27.9 Å². The maximum absolute atomic E-state index is 14.4. The van der Waals surface area contributed by atoms with Gasteiger partial charge in [0.15, 0.2) is 0 Å². The van der Waals surface area contributed by atoms with Crippen LogP contribution in [0, 0.1) is 29.6 Å². The number of aliphatic hydroxyl groups is 2. The Morgan fingerprint density at radius 1 is 0.938 bits per heavy atom. The molecule has 18 nitrogen and oxygen atoms in total. The van der Waals surface area contributed by atoms with Crippen LogP contribution >= 0.6 is 0 Å². The summed E-state index contributed by atoms with van der Waals surface area (Å²) < 4.78 is 66.1. The van der Waals surface area contributed by atoms with Crippen LogP contribution in [0.2, 0.25) is 0 Å². The van der Waals surface area contributed by atoms with E-state index in [1.54, 1.807) is 25.5 Å². The van der Waals surface area contributed by atoms with E-state index in [9.17, 15) is 42.6 Å². The van der Waals surface area contributed by atoms with E-state index < -0.39 is 106 Å². The van der Waals surface area contributed by atoms with Crippen molar-refractivity contribution in [3.8, 4) is 0 Å². The predicted octanol–water partition coefficient (Wildman–Crippen LogP) is 4.10. The summed E-state index contributed by atoms with van der Waals surface area (Å²) in [6, 6.07) is -1.22. The van der Waals surface area contributed by atoms with E-state index in [0.29, 0.717) is 44.1 Å². The summed E-state index contributed by atoms with van der Waals surface area (Å²) in [6.07, 6.45) is -0.115. The summed E-state index contributed by atoms with van der Waals surface area (Å²) in [5.41, 5.74) is 1.47. The van der Waals surface area contributed by atoms with Crippen LogP contribution in [0.3, 0.4) is 0 Å². The molecule has 3 fully saturated rings. The van der Waals surface area contributed by atoms with Gasteiger partial charge in [-0.25, -0.2) is 13.8 Å². The molecule has 64 heavy (non-hydrogen) atoms. The number of piperidine rings is 1. The number of hydrogen-bond donors (Lipinski definition) is 3. The number of Topliss-reactive ketones (excluding diaryl/α,β-unsaturated/α-hetero) is 2. The topological polar surface area (TPSA) is 240 Å². The van der Waals surface area contributed by atoms with Crippen molar-refractivity contribution in [3.63, 3.8) is 0 Å². The van der Waals surface area contributed by atoms with Crippen LogP contribution in [-0.2, 0) is 62.1 Å². The molecule has 0 unspecified atom stereocenters. The molecular weight excluding hydrogens is 857 g/mol. The van der Waals surface area contributed by atoms with Gasteiger partial charge in [-0.05, 0) is 95.5 Å². The van der Waals surface area contributed by atoms with Gasteiger partial charge in [-0.15, -0.1) is 0 Å². The number of nitrogens with one attached hydrogen (secondary N) is 1. The maximum Gasteiger partial charge on any atom is 0.422 e. The molecule has 3 heterocycles. The molecule has 1 aliphatic carbocycles. The van der Waals surface area contributed by atoms with Crippen molar-refractivity contribution in [2.24, 2.45) is 29.6 Å². The van der Waals surface area contributed by atoms with E-state index >= 15 is 0 Å². The molecule has 3 aliphatic heterocycles. The summed E-state index contributed by atoms with van der Waals surface area (Å²) in [5, 5.41) is 23.8. The van der Waals surface area contributed by atoms with E-state index in [2.05, 4.69) is 4.74 Å². The number of rotatable bonds is 9. The first-order valence-corrected chi connectivity index (χ1v) is 23.9. The van der Waals surface area contributed by atoms with Crippen LogP contribution in [0.25, 0.3) is 0 Å². The lowest BCUT2D eigenvalue weighted by atomic mass is 9.81. The highest BCUT2D eigenvalue weighted by Gasteiger charge is 2.56. The average molecular weight is 929 g/mol. The Kier molecular flexibility index (Phi) is 19.5. The Balaban J connectivity index is 1.73. The fourth-order valence-corrected chi connectivity index (χ4v) is 10.7. The zero-order valence-corrected chi connectivity index (χ0v) is 39.9. The molecule has 0 spiro atoms. The van der Waals surface area contributed by atoms with Crippen LogP contribution in [0.15, 0.2) is 23.3 Å². The Hall–Kier alpha value is -3.30. The van der Waals surface area contributed by atoms with Crippen molar-refractivity contribution in [3.05, 3.63) is 23.3 Å². The molecule has 364 valence electrons. The molecule has 4 rings (SSSR count). The molecule has 2 amide bonds. The van der Waals surface area contributed by atoms with Gasteiger partial charge in [0.1, 0.15) is 30.1 Å². The number of nitrogens with zero attached hydrogens (tertiary/aromatic N) is 1. The van der Waals surface area contributed by atoms with Crippen molar-refractivity contribution in [1.82, 2.24) is 9.62 Å². The molecule has 0 aromatic carbocycles. The fourth-order valence-electron chi connectivity index (χ4n) is 9.81. The largest absolute Gasteiger partial charge is 0.456 e. The highest BCUT2D eigenvalue weighted by Crippen LogP contribution is 2.39. The summed E-state index contributed by atoms with van der Waals surface area (Å²) in [6.45, 7) is 10.9. The molecular formula is C45H72N2O16S. The summed E-state index contributed by atoms with van der Waals surface area (Å²) in [4.78, 5) is 69.6. The lowest BCUT2D eigenvalue weighted by Crippen LogP contribution is -2.64. The number of aliphatic hydroxyl groups excluding tert-OH is 1. The van der Waals surface area contributed by atoms with Gasteiger partial charge in [0.05, 0.1) is 31.5 Å². The molecule has 2 bridgehead atoms. The van der Waals surface area contributed by atoms with Gasteiger partial charge in [-0.1, -0.05) is 45.4 Å². The minimum absolute atomic E-state index is 0.00874. The molecule has 0 aromatic rings. The normalized spacial score (nSPS) is 37.1. The van der Waals surface area contributed by atoms with Gasteiger partial charge in [-0.2, -0.15) is 13.1 Å². The van der Waals surface area contributed by atoms with Crippen LogP contribution < -0.4 is 4.72 Å². The maximum atomic E-state index is 14.4. The Bertz CT molecular complexity index is 1820. The quantitative estimate of drug-likeness (QED) is 0.168. The number of methoxy groups -OCH3 is 4. The van der Waals surface area contributed by atoms with Gasteiger partial charge < -0.3 is 43.5 Å². The standard InChI is InChI=1S/C45H72N2O16S/c1-11-31-19-25(2)18-26(3)20-37(58-8)40-38(59-9)22-28(5)45(54,62-40)41(50)42(51)47-17-13-12-14-32(47)43(52)61-39(29(6)33(48)24-34(31)49)27(4)21-30-15-16-35(36(23-30)57-7)63-64(55,56)46-44(53)60-10/h19,21,26,28-33,35-40,48,54H,11-18,20,22-24H2,1-10H3,(H,46,53)/b25-19?,27-21+/t26-,28+,29+,30-,31+,32-,33-,35+,36+,37-,38-,39+,40+,45+/m0/s1. The first kappa shape index (κ1) is 53.3. The lowest BCUT2D eigenvalue weighted by molar-refractivity contribution is -0.302. The first-order chi connectivity index (χ1) is 30.1. The molecule has 19 heteroatoms. The number of amides is 2. The monoisotopic (exact) mass is 928 g/mol. The van der Waals surface area contributed by atoms with Crippen LogP contribution in [0.1, 0.15) is 112 Å². The Morgan fingerprint density at radius 3 is 2.22 bits per heavy atom. The molecule has 2 saturated heterocycles. The number of allylic oxidation sites excluding steroid dienone is 3. The van der Waals surface area contributed by atoms with E-state index in [0.717, 1.165) is 17.6 Å². The number of carbonyl (C=O) groups excluding carboxylic acids is 5. The minimum Gasteiger partial charge on any atom is -0.456 e. The third-order valence-corrected chi connectivity index (χ3v) is 14.4. The molecule has 0 radical (unpaired) electrons. The smallest absolute Gasteiger partial charge is 0.422 e. The number of carbonyl (C=O) groups is 5. The van der Waals surface area contributed by atoms with Crippen molar-refractivity contribution in [1.29, 1.82) is 0 Å². The predicted molar refractivity (Wildman–Crippen MR) is 231 cm³/mol. The number of hydrogen-bond acceptors (Lipinski definition) is 16. The Morgan fingerprint density at radius 2 is 1.59 bits per heavy atom. The molecule has 3 N–H and O–H groups in total. The average Bonchev–Trinajstić information content (AvgIpc) is 3.26. The lowest BCUT2D eigenvalue weighted by Gasteiger charge is -2.47. The van der Waals surface area contributed by atoms with Crippen molar-refractivity contribution >= 4 is 39.8 Å². The van der Waals surface area contributed by atoms with Crippen LogP contribution in [0.4, 0.5) is 4.79 Å². The SMILES string of the molecule is CC[C@@H]1C=C(C)C[C@H](C)C[C@H](OC)[C@H]2O[C@@](O)(C(=O)C(=O)N3CCCC[C@H]3C(=O)O[C@H](/C(C)=C/[C@@H]3CC[C@@H](OS(=O)(=O)NC(=O)OC)[C@H](OC)C3)[C@H](C)[C@@H](O)CC1=O)[C@H](C)C[C@@H]2OC. The number of esters is 1. The third kappa shape index (κ3) is 13.2. The fraction of sp³-hybridized carbons (Fsp3) is 0.800. The number of ketones is 2. The first-order valence-electron chi connectivity index (χ1n) is 22.5. The number of cyclic esters (lactones) is 1. The van der Waals surface area contributed by atoms with Crippen molar-refractivity contribution in [2.75, 3.05) is 35.0 Å². The molecule has 0 aromatic heterocycles. The number of ether oxygens (including phenoxy) is 6. The second-order valence-corrected chi connectivity index (χ2v) is 19.6. The molecule has 4 aliphatic rings. The van der Waals surface area contributed by atoms with E-state index in [1.807, 2.05) is 32.9 Å². The van der Waals surface area contributed by atoms with Gasteiger partial charge in [-0.3, -0.25) is 14.4 Å². The van der Waals surface area contributed by atoms with Crippen LogP contribution in [0.5, 0.6) is 0 Å². The Labute approximate surface area is 378 Å². The van der Waals surface area contributed by atoms with Crippen molar-refractivity contribution < 1.29 is 75.2 Å². The molecule has 14 atom stereocenters. The second-order valence-electron chi connectivity index (χ2n) is 18.3. The van der Waals surface area contributed by atoms with Crippen LogP contribution in [-0.4, -0.2) is 143 Å².